The molecule has 0 saturated carbocycles. The molecule has 2 aromatic carbocycles. The molecule has 122 valence electrons. The smallest absolute Gasteiger partial charge is 0.270 e. The molecule has 0 aliphatic heterocycles. The van der Waals surface area contributed by atoms with Gasteiger partial charge in [-0.15, -0.1) is 0 Å². The number of anilines is 1. The van der Waals surface area contributed by atoms with Gasteiger partial charge in [-0.25, -0.2) is 4.98 Å². The zero-order valence-electron chi connectivity index (χ0n) is 13.6. The maximum Gasteiger partial charge on any atom is 0.270 e. The number of pyridine rings is 1. The predicted molar refractivity (Wildman–Crippen MR) is 98.1 cm³/mol. The zero-order valence-corrected chi connectivity index (χ0v) is 13.6. The summed E-state index contributed by atoms with van der Waals surface area (Å²) in [7, 11) is 1.66. The molecule has 25 heavy (non-hydrogen) atoms. The number of fused-ring (bicyclic) bond motifs is 2. The van der Waals surface area contributed by atoms with Crippen LogP contribution in [0.25, 0.3) is 16.4 Å². The van der Waals surface area contributed by atoms with Crippen molar-refractivity contribution in [2.24, 2.45) is 0 Å². The van der Waals surface area contributed by atoms with Crippen molar-refractivity contribution in [3.63, 3.8) is 0 Å². The third kappa shape index (κ3) is 2.55. The third-order valence-corrected chi connectivity index (χ3v) is 4.27. The first-order chi connectivity index (χ1) is 12.1. The molecule has 0 saturated heterocycles. The lowest BCUT2D eigenvalue weighted by Crippen LogP contribution is -2.33. The predicted octanol–water partition coefficient (Wildman–Crippen LogP) is 3.12. The number of carbonyl (C=O) groups excluding carboxylic acids is 1. The molecule has 0 fully saturated rings. The van der Waals surface area contributed by atoms with Crippen LogP contribution < -0.4 is 10.5 Å². The van der Waals surface area contributed by atoms with Crippen LogP contribution in [0.1, 0.15) is 10.4 Å². The average molecular weight is 329 g/mol. The first kappa shape index (κ1) is 15.1. The summed E-state index contributed by atoms with van der Waals surface area (Å²) >= 11 is 0. The Balaban J connectivity index is 1.77. The first-order valence-electron chi connectivity index (χ1n) is 7.88. The zero-order chi connectivity index (χ0) is 17.4. The van der Waals surface area contributed by atoms with Gasteiger partial charge in [-0.2, -0.15) is 0 Å². The molecule has 0 aliphatic carbocycles. The largest absolute Gasteiger partial charge is 0.311 e. The summed E-state index contributed by atoms with van der Waals surface area (Å²) < 4.78 is 1.38. The van der Waals surface area contributed by atoms with Crippen molar-refractivity contribution >= 4 is 28.0 Å². The molecule has 0 N–H and O–H groups in total. The van der Waals surface area contributed by atoms with E-state index in [4.69, 9.17) is 0 Å². The van der Waals surface area contributed by atoms with E-state index in [1.54, 1.807) is 31.4 Å². The second-order valence-electron chi connectivity index (χ2n) is 5.80. The van der Waals surface area contributed by atoms with Gasteiger partial charge in [0.15, 0.2) is 0 Å². The van der Waals surface area contributed by atoms with Crippen molar-refractivity contribution in [3.8, 4) is 0 Å². The number of amides is 1. The number of rotatable bonds is 2. The number of hydrogen-bond acceptors (Lipinski definition) is 3. The van der Waals surface area contributed by atoms with Gasteiger partial charge in [0.2, 0.25) is 0 Å². The maximum atomic E-state index is 12.8. The van der Waals surface area contributed by atoms with Crippen LogP contribution >= 0.6 is 0 Å². The first-order valence-corrected chi connectivity index (χ1v) is 7.88. The van der Waals surface area contributed by atoms with Crippen LogP contribution in [-0.2, 0) is 0 Å². The molecule has 0 unspecified atom stereocenters. The van der Waals surface area contributed by atoms with Gasteiger partial charge in [-0.3, -0.25) is 14.0 Å². The molecule has 4 rings (SSSR count). The van der Waals surface area contributed by atoms with Crippen LogP contribution in [0, 0.1) is 0 Å². The van der Waals surface area contributed by atoms with Gasteiger partial charge < -0.3 is 4.90 Å². The van der Waals surface area contributed by atoms with E-state index in [0.29, 0.717) is 5.65 Å². The molecule has 0 bridgehead atoms. The number of carbonyl (C=O) groups is 1. The third-order valence-electron chi connectivity index (χ3n) is 4.27. The second kappa shape index (κ2) is 5.87. The minimum Gasteiger partial charge on any atom is -0.311 e. The normalized spacial score (nSPS) is 10.9. The monoisotopic (exact) mass is 329 g/mol. The highest BCUT2D eigenvalue weighted by molar-refractivity contribution is 6.06. The Morgan fingerprint density at radius 1 is 1.00 bits per heavy atom. The molecule has 0 aliphatic rings. The number of hydrogen-bond donors (Lipinski definition) is 0. The van der Waals surface area contributed by atoms with Crippen molar-refractivity contribution in [1.82, 2.24) is 9.38 Å². The SMILES string of the molecule is CN(C(=O)c1cnc2ccccn2c1=O)c1ccc2ccccc2c1. The lowest BCUT2D eigenvalue weighted by molar-refractivity contribution is 0.0991. The number of aromatic nitrogens is 2. The number of benzene rings is 2. The molecule has 1 amide bonds. The van der Waals surface area contributed by atoms with Gasteiger partial charge in [-0.1, -0.05) is 36.4 Å². The average Bonchev–Trinajstić information content (AvgIpc) is 2.67. The summed E-state index contributed by atoms with van der Waals surface area (Å²) in [6, 6.07) is 18.9. The van der Waals surface area contributed by atoms with Gasteiger partial charge >= 0.3 is 0 Å². The van der Waals surface area contributed by atoms with Crippen LogP contribution in [0.3, 0.4) is 0 Å². The van der Waals surface area contributed by atoms with Crippen molar-refractivity contribution in [2.75, 3.05) is 11.9 Å². The Labute approximate surface area is 143 Å². The molecular formula is C20H15N3O2. The van der Waals surface area contributed by atoms with Crippen molar-refractivity contribution < 1.29 is 4.79 Å². The molecule has 2 aromatic heterocycles. The van der Waals surface area contributed by atoms with Crippen molar-refractivity contribution in [2.45, 2.75) is 0 Å². The fourth-order valence-corrected chi connectivity index (χ4v) is 2.86. The molecule has 5 nitrogen and oxygen atoms in total. The Hall–Kier alpha value is -3.47. The Morgan fingerprint density at radius 3 is 2.60 bits per heavy atom. The summed E-state index contributed by atoms with van der Waals surface area (Å²) in [6.07, 6.45) is 2.95. The van der Waals surface area contributed by atoms with E-state index in [9.17, 15) is 9.59 Å². The molecular weight excluding hydrogens is 314 g/mol. The van der Waals surface area contributed by atoms with E-state index >= 15 is 0 Å². The summed E-state index contributed by atoms with van der Waals surface area (Å²) in [6.45, 7) is 0. The topological polar surface area (TPSA) is 54.7 Å². The highest BCUT2D eigenvalue weighted by Gasteiger charge is 2.18. The minimum atomic E-state index is -0.383. The van der Waals surface area contributed by atoms with E-state index < -0.39 is 0 Å². The quantitative estimate of drug-likeness (QED) is 0.568. The highest BCUT2D eigenvalue weighted by Crippen LogP contribution is 2.22. The van der Waals surface area contributed by atoms with Gasteiger partial charge in [0, 0.05) is 25.1 Å². The summed E-state index contributed by atoms with van der Waals surface area (Å²) in [5.74, 6) is -0.383. The van der Waals surface area contributed by atoms with Gasteiger partial charge in [0.25, 0.3) is 11.5 Å². The molecule has 0 radical (unpaired) electrons. The van der Waals surface area contributed by atoms with Crippen LogP contribution in [-0.4, -0.2) is 22.3 Å². The van der Waals surface area contributed by atoms with Gasteiger partial charge in [0.1, 0.15) is 11.2 Å². The van der Waals surface area contributed by atoms with Crippen LogP contribution in [0.15, 0.2) is 77.9 Å². The van der Waals surface area contributed by atoms with E-state index in [2.05, 4.69) is 4.98 Å². The van der Waals surface area contributed by atoms with Crippen molar-refractivity contribution in [1.29, 1.82) is 0 Å². The fraction of sp³-hybridized carbons (Fsp3) is 0.0500. The molecule has 0 atom stereocenters. The lowest BCUT2D eigenvalue weighted by atomic mass is 10.1. The van der Waals surface area contributed by atoms with E-state index in [1.165, 1.54) is 15.5 Å². The summed E-state index contributed by atoms with van der Waals surface area (Å²) in [4.78, 5) is 31.1. The van der Waals surface area contributed by atoms with E-state index in [-0.39, 0.29) is 17.0 Å². The van der Waals surface area contributed by atoms with E-state index in [0.717, 1.165) is 16.5 Å². The standard InChI is InChI=1S/C20H15N3O2/c1-22(16-10-9-14-6-2-3-7-15(14)12-16)19(24)17-13-21-18-8-4-5-11-23(18)20(17)25/h2-13H,1H3. The Kier molecular flexibility index (Phi) is 3.54. The molecule has 5 heteroatoms. The highest BCUT2D eigenvalue weighted by atomic mass is 16.2. The Bertz CT molecular complexity index is 1160. The van der Waals surface area contributed by atoms with Crippen LogP contribution in [0.4, 0.5) is 5.69 Å². The van der Waals surface area contributed by atoms with Crippen molar-refractivity contribution in [3.05, 3.63) is 89.0 Å². The lowest BCUT2D eigenvalue weighted by Gasteiger charge is -2.17. The Morgan fingerprint density at radius 2 is 1.76 bits per heavy atom. The molecule has 4 aromatic rings. The molecule has 0 spiro atoms. The van der Waals surface area contributed by atoms with Crippen LogP contribution in [0.2, 0.25) is 0 Å². The van der Waals surface area contributed by atoms with Crippen LogP contribution in [0.5, 0.6) is 0 Å². The summed E-state index contributed by atoms with van der Waals surface area (Å²) in [5, 5.41) is 2.13. The molecule has 2 heterocycles. The fourth-order valence-electron chi connectivity index (χ4n) is 2.86. The van der Waals surface area contributed by atoms with Gasteiger partial charge in [-0.05, 0) is 35.0 Å². The maximum absolute atomic E-state index is 12.8. The second-order valence-corrected chi connectivity index (χ2v) is 5.80. The summed E-state index contributed by atoms with van der Waals surface area (Å²) in [5.41, 5.74) is 0.904. The van der Waals surface area contributed by atoms with E-state index in [1.807, 2.05) is 42.5 Å². The minimum absolute atomic E-state index is 0.0411. The number of nitrogens with zero attached hydrogens (tertiary/aromatic N) is 3. The van der Waals surface area contributed by atoms with Gasteiger partial charge in [0.05, 0.1) is 0 Å².